The summed E-state index contributed by atoms with van der Waals surface area (Å²) in [5.41, 5.74) is 7.45. The molecule has 3 aromatic rings. The number of aryl methyl sites for hydroxylation is 4. The van der Waals surface area contributed by atoms with Gasteiger partial charge in [0.15, 0.2) is 5.11 Å². The molecule has 4 heteroatoms. The maximum atomic E-state index is 5.85. The maximum Gasteiger partial charge on any atom is 0.173 e. The number of fused-ring (bicyclic) bond motifs is 1. The van der Waals surface area contributed by atoms with Gasteiger partial charge in [0.2, 0.25) is 0 Å². The van der Waals surface area contributed by atoms with Gasteiger partial charge in [-0.1, -0.05) is 35.9 Å². The van der Waals surface area contributed by atoms with Crippen LogP contribution in [0.1, 0.15) is 43.0 Å². The van der Waals surface area contributed by atoms with Crippen molar-refractivity contribution in [1.29, 1.82) is 0 Å². The first-order valence-corrected chi connectivity index (χ1v) is 10.4. The average Bonchev–Trinajstić information content (AvgIpc) is 3.00. The Morgan fingerprint density at radius 1 is 1.11 bits per heavy atom. The van der Waals surface area contributed by atoms with Crippen molar-refractivity contribution in [3.63, 3.8) is 0 Å². The molecule has 3 nitrogen and oxygen atoms in total. The summed E-state index contributed by atoms with van der Waals surface area (Å²) in [4.78, 5) is 2.27. The summed E-state index contributed by atoms with van der Waals surface area (Å²) in [6.45, 7) is 14.7. The molecule has 0 aliphatic carbocycles. The van der Waals surface area contributed by atoms with E-state index in [1.54, 1.807) is 0 Å². The molecule has 0 aliphatic rings. The monoisotopic (exact) mass is 393 g/mol. The number of aromatic nitrogens is 1. The minimum absolute atomic E-state index is 0.301. The average molecular weight is 394 g/mol. The molecule has 0 atom stereocenters. The Morgan fingerprint density at radius 3 is 2.36 bits per heavy atom. The van der Waals surface area contributed by atoms with Crippen LogP contribution in [0.15, 0.2) is 42.6 Å². The molecule has 0 unspecified atom stereocenters. The van der Waals surface area contributed by atoms with Crippen molar-refractivity contribution in [3.8, 4) is 0 Å². The van der Waals surface area contributed by atoms with Gasteiger partial charge in [-0.3, -0.25) is 0 Å². The molecule has 0 aliphatic heterocycles. The summed E-state index contributed by atoms with van der Waals surface area (Å²) in [5, 5.41) is 5.61. The molecule has 0 bridgehead atoms. The van der Waals surface area contributed by atoms with Crippen molar-refractivity contribution in [1.82, 2.24) is 9.47 Å². The van der Waals surface area contributed by atoms with Crippen LogP contribution in [0.3, 0.4) is 0 Å². The van der Waals surface area contributed by atoms with Gasteiger partial charge in [0.1, 0.15) is 0 Å². The Hall–Kier alpha value is -2.33. The number of rotatable bonds is 5. The van der Waals surface area contributed by atoms with Crippen molar-refractivity contribution < 1.29 is 0 Å². The van der Waals surface area contributed by atoms with Crippen LogP contribution >= 0.6 is 12.2 Å². The van der Waals surface area contributed by atoms with E-state index in [4.69, 9.17) is 12.2 Å². The molecule has 3 rings (SSSR count). The van der Waals surface area contributed by atoms with E-state index < -0.39 is 0 Å². The molecular formula is C24H31N3S. The summed E-state index contributed by atoms with van der Waals surface area (Å²) in [5.74, 6) is 0. The quantitative estimate of drug-likeness (QED) is 0.522. The third-order valence-electron chi connectivity index (χ3n) is 5.35. The topological polar surface area (TPSA) is 20.2 Å². The van der Waals surface area contributed by atoms with E-state index in [-0.39, 0.29) is 0 Å². The third kappa shape index (κ3) is 4.07. The summed E-state index contributed by atoms with van der Waals surface area (Å²) < 4.78 is 2.31. The Kier molecular flexibility index (Phi) is 6.09. The summed E-state index contributed by atoms with van der Waals surface area (Å²) >= 11 is 5.85. The van der Waals surface area contributed by atoms with E-state index in [1.807, 2.05) is 0 Å². The van der Waals surface area contributed by atoms with Gasteiger partial charge in [-0.05, 0) is 76.5 Å². The largest absolute Gasteiger partial charge is 0.347 e. The van der Waals surface area contributed by atoms with Crippen LogP contribution in [0, 0.1) is 20.8 Å². The summed E-state index contributed by atoms with van der Waals surface area (Å²) in [6, 6.07) is 13.3. The molecule has 0 saturated heterocycles. The third-order valence-corrected chi connectivity index (χ3v) is 5.68. The lowest BCUT2D eigenvalue weighted by atomic mass is 10.1. The highest BCUT2D eigenvalue weighted by molar-refractivity contribution is 7.80. The molecule has 0 amide bonds. The number of hydrogen-bond acceptors (Lipinski definition) is 1. The first kappa shape index (κ1) is 20.4. The zero-order valence-electron chi connectivity index (χ0n) is 17.8. The lowest BCUT2D eigenvalue weighted by Gasteiger charge is -2.30. The summed E-state index contributed by atoms with van der Waals surface area (Å²) in [6.07, 6.45) is 2.27. The van der Waals surface area contributed by atoms with Gasteiger partial charge < -0.3 is 14.8 Å². The second-order valence-electron chi connectivity index (χ2n) is 7.88. The van der Waals surface area contributed by atoms with E-state index in [9.17, 15) is 0 Å². The first-order valence-electron chi connectivity index (χ1n) is 10.0. The minimum atomic E-state index is 0.301. The first-order chi connectivity index (χ1) is 13.3. The molecule has 1 aromatic heterocycles. The normalized spacial score (nSPS) is 11.2. The maximum absolute atomic E-state index is 5.85. The van der Waals surface area contributed by atoms with E-state index in [0.29, 0.717) is 6.04 Å². The Bertz CT molecular complexity index is 977. The van der Waals surface area contributed by atoms with Crippen LogP contribution < -0.4 is 5.32 Å². The zero-order chi connectivity index (χ0) is 20.4. The summed E-state index contributed by atoms with van der Waals surface area (Å²) in [7, 11) is 0. The van der Waals surface area contributed by atoms with Crippen molar-refractivity contribution >= 4 is 33.9 Å². The lowest BCUT2D eigenvalue weighted by Crippen LogP contribution is -2.39. The number of thiocarbonyl (C=S) groups is 1. The highest BCUT2D eigenvalue weighted by Crippen LogP contribution is 2.26. The highest BCUT2D eigenvalue weighted by atomic mass is 32.1. The van der Waals surface area contributed by atoms with E-state index in [2.05, 4.69) is 98.9 Å². The predicted octanol–water partition coefficient (Wildman–Crippen LogP) is 6.19. The molecule has 28 heavy (non-hydrogen) atoms. The molecule has 148 valence electrons. The minimum Gasteiger partial charge on any atom is -0.347 e. The van der Waals surface area contributed by atoms with Crippen LogP contribution in [-0.4, -0.2) is 20.6 Å². The Balaban J connectivity index is 1.90. The highest BCUT2D eigenvalue weighted by Gasteiger charge is 2.18. The number of nitrogens with zero attached hydrogens (tertiary/aromatic N) is 2. The van der Waals surface area contributed by atoms with Gasteiger partial charge in [0.05, 0.1) is 0 Å². The number of anilines is 1. The molecular weight excluding hydrogens is 362 g/mol. The smallest absolute Gasteiger partial charge is 0.173 e. The van der Waals surface area contributed by atoms with E-state index >= 15 is 0 Å². The van der Waals surface area contributed by atoms with Crippen LogP contribution in [0.5, 0.6) is 0 Å². The molecule has 0 radical (unpaired) electrons. The fourth-order valence-corrected chi connectivity index (χ4v) is 4.32. The Morgan fingerprint density at radius 2 is 1.75 bits per heavy atom. The van der Waals surface area contributed by atoms with Crippen molar-refractivity contribution in [3.05, 3.63) is 64.8 Å². The van der Waals surface area contributed by atoms with Crippen LogP contribution in [0.2, 0.25) is 0 Å². The molecule has 0 fully saturated rings. The van der Waals surface area contributed by atoms with Gasteiger partial charge in [0, 0.05) is 41.9 Å². The van der Waals surface area contributed by atoms with Gasteiger partial charge in [-0.2, -0.15) is 0 Å². The predicted molar refractivity (Wildman–Crippen MR) is 125 cm³/mol. The van der Waals surface area contributed by atoms with Crippen molar-refractivity contribution in [2.45, 2.75) is 60.7 Å². The van der Waals surface area contributed by atoms with Gasteiger partial charge in [-0.15, -0.1) is 0 Å². The second-order valence-corrected chi connectivity index (χ2v) is 8.27. The van der Waals surface area contributed by atoms with Crippen LogP contribution in [-0.2, 0) is 13.1 Å². The van der Waals surface area contributed by atoms with Gasteiger partial charge in [0.25, 0.3) is 0 Å². The lowest BCUT2D eigenvalue weighted by molar-refractivity contribution is 0.349. The molecule has 0 spiro atoms. The van der Waals surface area contributed by atoms with Crippen molar-refractivity contribution in [2.24, 2.45) is 0 Å². The number of hydrogen-bond donors (Lipinski definition) is 1. The zero-order valence-corrected chi connectivity index (χ0v) is 18.7. The number of nitrogens with one attached hydrogen (secondary N) is 1. The molecule has 0 saturated carbocycles. The fraction of sp³-hybridized carbons (Fsp3) is 0.375. The SMILES string of the molecule is CCn1cc(CN(C(=S)Nc2c(C)cc(C)cc2C)C(C)C)c2ccccc21. The van der Waals surface area contributed by atoms with Crippen LogP contribution in [0.25, 0.3) is 10.9 Å². The van der Waals surface area contributed by atoms with Gasteiger partial charge in [-0.25, -0.2) is 0 Å². The number of para-hydroxylation sites is 1. The standard InChI is InChI=1S/C24H31N3S/c1-7-26-14-20(21-10-8-9-11-22(21)26)15-27(16(2)3)24(28)25-23-18(5)12-17(4)13-19(23)6/h8-14,16H,7,15H2,1-6H3,(H,25,28). The van der Waals surface area contributed by atoms with Crippen molar-refractivity contribution in [2.75, 3.05) is 5.32 Å². The fourth-order valence-electron chi connectivity index (χ4n) is 3.94. The molecule has 2 aromatic carbocycles. The van der Waals surface area contributed by atoms with E-state index in [0.717, 1.165) is 23.9 Å². The van der Waals surface area contributed by atoms with Crippen LogP contribution in [0.4, 0.5) is 5.69 Å². The Labute approximate surface area is 174 Å². The molecule has 1 N–H and O–H groups in total. The van der Waals surface area contributed by atoms with Gasteiger partial charge >= 0.3 is 0 Å². The van der Waals surface area contributed by atoms with E-state index in [1.165, 1.54) is 33.2 Å². The molecule has 1 heterocycles. The number of benzene rings is 2. The second kappa shape index (κ2) is 8.36.